The quantitative estimate of drug-likeness (QED) is 0.513. The maximum atomic E-state index is 12.1. The van der Waals surface area contributed by atoms with Gasteiger partial charge in [-0.25, -0.2) is 0 Å². The summed E-state index contributed by atoms with van der Waals surface area (Å²) in [6, 6.07) is -0.201. The van der Waals surface area contributed by atoms with E-state index < -0.39 is 6.04 Å². The molecule has 1 amide bonds. The number of hydrogen-bond donors (Lipinski definition) is 4. The van der Waals surface area contributed by atoms with Crippen molar-refractivity contribution in [3.8, 4) is 0 Å². The van der Waals surface area contributed by atoms with E-state index in [2.05, 4.69) is 42.9 Å². The molecular weight excluding hydrogens is 278 g/mol. The molecule has 22 heavy (non-hydrogen) atoms. The van der Waals surface area contributed by atoms with Crippen LogP contribution in [0.2, 0.25) is 0 Å². The zero-order valence-electron chi connectivity index (χ0n) is 14.3. The Morgan fingerprint density at radius 2 is 1.95 bits per heavy atom. The van der Waals surface area contributed by atoms with Gasteiger partial charge < -0.3 is 22.1 Å². The van der Waals surface area contributed by atoms with Gasteiger partial charge in [-0.15, -0.1) is 0 Å². The SMILES string of the molecule is C=C(N)NCCC[C@H](N)C(=O)NC1CCN(C(C)(C)C)CC1. The number of piperidine rings is 1. The topological polar surface area (TPSA) is 96.4 Å². The van der Waals surface area contributed by atoms with Crippen molar-refractivity contribution in [2.45, 2.75) is 64.1 Å². The lowest BCUT2D eigenvalue weighted by Gasteiger charge is -2.41. The molecule has 1 rings (SSSR count). The molecule has 0 unspecified atom stereocenters. The maximum absolute atomic E-state index is 12.1. The summed E-state index contributed by atoms with van der Waals surface area (Å²) in [4.78, 5) is 14.6. The van der Waals surface area contributed by atoms with Crippen LogP contribution in [0.15, 0.2) is 12.4 Å². The predicted octanol–water partition coefficient (Wildman–Crippen LogP) is 0.493. The van der Waals surface area contributed by atoms with Gasteiger partial charge in [0.25, 0.3) is 0 Å². The molecule has 128 valence electrons. The molecule has 0 aromatic carbocycles. The lowest BCUT2D eigenvalue weighted by atomic mass is 9.97. The van der Waals surface area contributed by atoms with Crippen LogP contribution in [-0.4, -0.2) is 48.1 Å². The number of carbonyl (C=O) groups is 1. The molecule has 0 aromatic rings. The van der Waals surface area contributed by atoms with E-state index in [0.29, 0.717) is 18.8 Å². The highest BCUT2D eigenvalue weighted by Gasteiger charge is 2.28. The van der Waals surface area contributed by atoms with Crippen LogP contribution in [0.25, 0.3) is 0 Å². The summed E-state index contributed by atoms with van der Waals surface area (Å²) < 4.78 is 0. The molecule has 0 spiro atoms. The number of carbonyl (C=O) groups excluding carboxylic acids is 1. The number of nitrogens with one attached hydrogen (secondary N) is 2. The second-order valence-electron chi connectivity index (χ2n) is 7.14. The molecule has 6 heteroatoms. The minimum absolute atomic E-state index is 0.0409. The Labute approximate surface area is 134 Å². The van der Waals surface area contributed by atoms with Crippen molar-refractivity contribution >= 4 is 5.91 Å². The zero-order valence-corrected chi connectivity index (χ0v) is 14.3. The highest BCUT2D eigenvalue weighted by Crippen LogP contribution is 2.20. The standard InChI is InChI=1S/C16H33N5O/c1-12(17)19-9-5-6-14(18)15(22)20-13-7-10-21(11-8-13)16(2,3)4/h13-14,19H,1,5-11,17-18H2,2-4H3,(H,20,22)/t14-/m0/s1. The average molecular weight is 311 g/mol. The second-order valence-corrected chi connectivity index (χ2v) is 7.14. The Balaban J connectivity index is 2.24. The Kier molecular flexibility index (Phi) is 7.16. The van der Waals surface area contributed by atoms with Crippen LogP contribution >= 0.6 is 0 Å². The van der Waals surface area contributed by atoms with Crippen LogP contribution in [0, 0.1) is 0 Å². The summed E-state index contributed by atoms with van der Waals surface area (Å²) in [6.07, 6.45) is 3.43. The van der Waals surface area contributed by atoms with Gasteiger partial charge in [0.05, 0.1) is 11.9 Å². The van der Waals surface area contributed by atoms with E-state index >= 15 is 0 Å². The van der Waals surface area contributed by atoms with Gasteiger partial charge in [-0.2, -0.15) is 0 Å². The van der Waals surface area contributed by atoms with E-state index in [9.17, 15) is 4.79 Å². The third-order valence-electron chi connectivity index (χ3n) is 4.17. The number of nitrogens with two attached hydrogens (primary N) is 2. The number of nitrogens with zero attached hydrogens (tertiary/aromatic N) is 1. The first-order valence-electron chi connectivity index (χ1n) is 8.19. The van der Waals surface area contributed by atoms with Crippen molar-refractivity contribution in [2.24, 2.45) is 11.5 Å². The van der Waals surface area contributed by atoms with Gasteiger partial charge in [-0.3, -0.25) is 9.69 Å². The third-order valence-corrected chi connectivity index (χ3v) is 4.17. The van der Waals surface area contributed by atoms with E-state index in [1.807, 2.05) is 0 Å². The van der Waals surface area contributed by atoms with Crippen LogP contribution in [0.4, 0.5) is 0 Å². The summed E-state index contributed by atoms with van der Waals surface area (Å²) in [5.41, 5.74) is 11.6. The monoisotopic (exact) mass is 311 g/mol. The van der Waals surface area contributed by atoms with E-state index in [-0.39, 0.29) is 17.5 Å². The van der Waals surface area contributed by atoms with Crippen LogP contribution in [0.5, 0.6) is 0 Å². The van der Waals surface area contributed by atoms with Gasteiger partial charge in [0, 0.05) is 31.2 Å². The van der Waals surface area contributed by atoms with Gasteiger partial charge >= 0.3 is 0 Å². The fourth-order valence-corrected chi connectivity index (χ4v) is 2.70. The average Bonchev–Trinajstić information content (AvgIpc) is 2.42. The van der Waals surface area contributed by atoms with Crippen LogP contribution < -0.4 is 22.1 Å². The molecule has 6 nitrogen and oxygen atoms in total. The van der Waals surface area contributed by atoms with Gasteiger partial charge in [0.15, 0.2) is 0 Å². The van der Waals surface area contributed by atoms with Crippen LogP contribution in [0.3, 0.4) is 0 Å². The minimum atomic E-state index is -0.450. The summed E-state index contributed by atoms with van der Waals surface area (Å²) in [5.74, 6) is 0.407. The first kappa shape index (κ1) is 18.8. The predicted molar refractivity (Wildman–Crippen MR) is 91.0 cm³/mol. The Morgan fingerprint density at radius 1 is 1.36 bits per heavy atom. The Morgan fingerprint density at radius 3 is 2.45 bits per heavy atom. The number of amides is 1. The van der Waals surface area contributed by atoms with E-state index in [1.54, 1.807) is 0 Å². The van der Waals surface area contributed by atoms with Crippen molar-refractivity contribution in [1.29, 1.82) is 0 Å². The van der Waals surface area contributed by atoms with Crippen molar-refractivity contribution in [2.75, 3.05) is 19.6 Å². The largest absolute Gasteiger partial charge is 0.386 e. The molecule has 0 saturated carbocycles. The van der Waals surface area contributed by atoms with Crippen LogP contribution in [-0.2, 0) is 4.79 Å². The number of likely N-dealkylation sites (tertiary alicyclic amines) is 1. The molecule has 0 radical (unpaired) electrons. The molecular formula is C16H33N5O. The summed E-state index contributed by atoms with van der Waals surface area (Å²) in [5, 5.41) is 6.02. The van der Waals surface area contributed by atoms with Crippen molar-refractivity contribution in [3.05, 3.63) is 12.4 Å². The third kappa shape index (κ3) is 6.66. The molecule has 1 heterocycles. The minimum Gasteiger partial charge on any atom is -0.386 e. The van der Waals surface area contributed by atoms with E-state index in [0.717, 1.165) is 32.4 Å². The van der Waals surface area contributed by atoms with Gasteiger partial charge in [-0.1, -0.05) is 6.58 Å². The number of rotatable bonds is 7. The van der Waals surface area contributed by atoms with Crippen molar-refractivity contribution in [3.63, 3.8) is 0 Å². The highest BCUT2D eigenvalue weighted by atomic mass is 16.2. The smallest absolute Gasteiger partial charge is 0.237 e. The van der Waals surface area contributed by atoms with E-state index in [4.69, 9.17) is 11.5 Å². The van der Waals surface area contributed by atoms with Crippen molar-refractivity contribution < 1.29 is 4.79 Å². The zero-order chi connectivity index (χ0) is 16.8. The molecule has 1 saturated heterocycles. The lowest BCUT2D eigenvalue weighted by Crippen LogP contribution is -2.53. The fourth-order valence-electron chi connectivity index (χ4n) is 2.70. The van der Waals surface area contributed by atoms with Gasteiger partial charge in [0.1, 0.15) is 0 Å². The summed E-state index contributed by atoms with van der Waals surface area (Å²) >= 11 is 0. The fraction of sp³-hybridized carbons (Fsp3) is 0.812. The highest BCUT2D eigenvalue weighted by molar-refractivity contribution is 5.81. The summed E-state index contributed by atoms with van der Waals surface area (Å²) in [6.45, 7) is 13.0. The molecule has 1 aliphatic heterocycles. The van der Waals surface area contributed by atoms with Crippen molar-refractivity contribution in [1.82, 2.24) is 15.5 Å². The molecule has 1 atom stereocenters. The molecule has 0 aromatic heterocycles. The Hall–Kier alpha value is -1.27. The molecule has 0 bridgehead atoms. The normalized spacial score (nSPS) is 18.7. The molecule has 0 aliphatic carbocycles. The lowest BCUT2D eigenvalue weighted by molar-refractivity contribution is -0.123. The first-order valence-corrected chi connectivity index (χ1v) is 8.19. The molecule has 6 N–H and O–H groups in total. The van der Waals surface area contributed by atoms with Gasteiger partial charge in [0.2, 0.25) is 5.91 Å². The molecule has 1 aliphatic rings. The summed E-state index contributed by atoms with van der Waals surface area (Å²) in [7, 11) is 0. The first-order chi connectivity index (χ1) is 10.2. The van der Waals surface area contributed by atoms with E-state index in [1.165, 1.54) is 0 Å². The number of hydrogen-bond acceptors (Lipinski definition) is 5. The molecule has 1 fully saturated rings. The maximum Gasteiger partial charge on any atom is 0.237 e. The second kappa shape index (κ2) is 8.39. The van der Waals surface area contributed by atoms with Crippen LogP contribution in [0.1, 0.15) is 46.5 Å². The Bertz CT molecular complexity index is 369. The van der Waals surface area contributed by atoms with Gasteiger partial charge in [-0.05, 0) is 46.5 Å².